The molecular weight excluding hydrogens is 328 g/mol. The third-order valence-electron chi connectivity index (χ3n) is 3.90. The highest BCUT2D eigenvalue weighted by Crippen LogP contribution is 2.32. The normalized spacial score (nSPS) is 17.2. The summed E-state index contributed by atoms with van der Waals surface area (Å²) < 4.78 is 29.6. The fourth-order valence-corrected chi connectivity index (χ4v) is 3.55. The Hall–Kier alpha value is -2.42. The lowest BCUT2D eigenvalue weighted by Gasteiger charge is -2.16. The number of rotatable bonds is 5. The number of nitrogens with one attached hydrogen (secondary N) is 2. The Morgan fingerprint density at radius 3 is 2.67 bits per heavy atom. The first-order valence-electron chi connectivity index (χ1n) is 7.33. The molecule has 0 unspecified atom stereocenters. The number of nitrogens with zero attached hydrogens (tertiary/aromatic N) is 1. The Labute approximate surface area is 140 Å². The Balaban J connectivity index is 1.96. The number of hydrazine groups is 1. The quantitative estimate of drug-likeness (QED) is 0.559. The Morgan fingerprint density at radius 2 is 2.00 bits per heavy atom. The van der Waals surface area contributed by atoms with Gasteiger partial charge < -0.3 is 10.2 Å². The van der Waals surface area contributed by atoms with E-state index in [-0.39, 0.29) is 10.9 Å². The van der Waals surface area contributed by atoms with Crippen LogP contribution in [0.2, 0.25) is 0 Å². The van der Waals surface area contributed by atoms with Gasteiger partial charge in [0.1, 0.15) is 5.75 Å². The predicted octanol–water partition coefficient (Wildman–Crippen LogP) is 1.29. The first-order valence-corrected chi connectivity index (χ1v) is 8.81. The number of hydrogen-bond donors (Lipinski definition) is 3. The van der Waals surface area contributed by atoms with E-state index in [0.29, 0.717) is 17.7 Å². The summed E-state index contributed by atoms with van der Waals surface area (Å²) in [4.78, 5) is 1.97. The minimum atomic E-state index is -3.79. The molecule has 0 saturated carbocycles. The van der Waals surface area contributed by atoms with Gasteiger partial charge in [-0.25, -0.2) is 8.42 Å². The molecule has 1 atom stereocenters. The molecule has 7 nitrogen and oxygen atoms in total. The van der Waals surface area contributed by atoms with Crippen molar-refractivity contribution in [2.24, 2.45) is 10.9 Å². The van der Waals surface area contributed by atoms with Crippen molar-refractivity contribution >= 4 is 15.7 Å². The Bertz CT molecular complexity index is 866. The van der Waals surface area contributed by atoms with Crippen LogP contribution < -0.4 is 20.8 Å². The standard InChI is InChI=1S/C16H18N4O3S/c1-23-12-7-8-16(24(21,22)20-17)13(9-12)15-10-14(18-19-15)11-5-3-2-4-6-11/h2-9,15,19-20H,10,17H2,1H3/t15-/m0/s1. The summed E-state index contributed by atoms with van der Waals surface area (Å²) in [5.41, 5.74) is 5.43. The van der Waals surface area contributed by atoms with Crippen molar-refractivity contribution < 1.29 is 13.2 Å². The van der Waals surface area contributed by atoms with Crippen LogP contribution >= 0.6 is 0 Å². The summed E-state index contributed by atoms with van der Waals surface area (Å²) in [5, 5.41) is 4.35. The molecule has 2 aromatic carbocycles. The first kappa shape index (κ1) is 16.4. The van der Waals surface area contributed by atoms with E-state index in [9.17, 15) is 8.42 Å². The largest absolute Gasteiger partial charge is 0.497 e. The van der Waals surface area contributed by atoms with E-state index in [1.165, 1.54) is 13.2 Å². The second-order valence-electron chi connectivity index (χ2n) is 5.34. The highest BCUT2D eigenvalue weighted by atomic mass is 32.2. The monoisotopic (exact) mass is 346 g/mol. The van der Waals surface area contributed by atoms with Crippen molar-refractivity contribution in [1.29, 1.82) is 0 Å². The van der Waals surface area contributed by atoms with Crippen molar-refractivity contribution in [3.63, 3.8) is 0 Å². The van der Waals surface area contributed by atoms with E-state index in [4.69, 9.17) is 10.6 Å². The highest BCUT2D eigenvalue weighted by molar-refractivity contribution is 7.89. The van der Waals surface area contributed by atoms with Gasteiger partial charge in [0.2, 0.25) is 0 Å². The topological polar surface area (TPSA) is 106 Å². The summed E-state index contributed by atoms with van der Waals surface area (Å²) in [5.74, 6) is 5.74. The molecule has 0 aromatic heterocycles. The Morgan fingerprint density at radius 1 is 1.25 bits per heavy atom. The van der Waals surface area contributed by atoms with Crippen LogP contribution in [-0.4, -0.2) is 21.2 Å². The lowest BCUT2D eigenvalue weighted by Crippen LogP contribution is -2.31. The lowest BCUT2D eigenvalue weighted by molar-refractivity contribution is 0.412. The lowest BCUT2D eigenvalue weighted by atomic mass is 9.99. The van der Waals surface area contributed by atoms with Gasteiger partial charge in [-0.15, -0.1) is 0 Å². The number of nitrogens with two attached hydrogens (primary N) is 1. The van der Waals surface area contributed by atoms with Crippen LogP contribution in [0.4, 0.5) is 0 Å². The molecular formula is C16H18N4O3S. The third-order valence-corrected chi connectivity index (χ3v) is 5.16. The molecule has 0 bridgehead atoms. The number of sulfonamides is 1. The minimum Gasteiger partial charge on any atom is -0.497 e. The SMILES string of the molecule is COc1ccc(S(=O)(=O)NN)c([C@@H]2CC(c3ccccc3)=NN2)c1. The van der Waals surface area contributed by atoms with Crippen molar-refractivity contribution in [2.45, 2.75) is 17.4 Å². The maximum absolute atomic E-state index is 12.2. The van der Waals surface area contributed by atoms with E-state index >= 15 is 0 Å². The van der Waals surface area contributed by atoms with Gasteiger partial charge in [0.15, 0.2) is 0 Å². The van der Waals surface area contributed by atoms with Crippen molar-refractivity contribution in [3.05, 3.63) is 59.7 Å². The molecule has 0 saturated heterocycles. The summed E-state index contributed by atoms with van der Waals surface area (Å²) in [6.45, 7) is 0. The maximum atomic E-state index is 12.2. The van der Waals surface area contributed by atoms with E-state index in [1.807, 2.05) is 35.2 Å². The number of ether oxygens (including phenoxy) is 1. The molecule has 8 heteroatoms. The molecule has 24 heavy (non-hydrogen) atoms. The highest BCUT2D eigenvalue weighted by Gasteiger charge is 2.28. The molecule has 0 fully saturated rings. The molecule has 126 valence electrons. The maximum Gasteiger partial charge on any atom is 0.253 e. The van der Waals surface area contributed by atoms with Gasteiger partial charge >= 0.3 is 0 Å². The van der Waals surface area contributed by atoms with E-state index in [0.717, 1.165) is 11.3 Å². The second-order valence-corrected chi connectivity index (χ2v) is 7.02. The zero-order valence-corrected chi connectivity index (χ0v) is 13.9. The fourth-order valence-electron chi connectivity index (χ4n) is 2.67. The molecule has 0 spiro atoms. The van der Waals surface area contributed by atoms with Gasteiger partial charge in [-0.1, -0.05) is 30.3 Å². The van der Waals surface area contributed by atoms with Gasteiger partial charge in [-0.3, -0.25) is 5.84 Å². The van der Waals surface area contributed by atoms with Crippen LogP contribution in [-0.2, 0) is 10.0 Å². The van der Waals surface area contributed by atoms with Crippen LogP contribution in [0.15, 0.2) is 58.5 Å². The molecule has 1 aliphatic rings. The molecule has 4 N–H and O–H groups in total. The fraction of sp³-hybridized carbons (Fsp3) is 0.188. The van der Waals surface area contributed by atoms with Crippen LogP contribution in [0.1, 0.15) is 23.6 Å². The zero-order valence-electron chi connectivity index (χ0n) is 13.1. The van der Waals surface area contributed by atoms with Gasteiger partial charge in [-0.05, 0) is 23.8 Å². The van der Waals surface area contributed by atoms with Crippen LogP contribution in [0, 0.1) is 0 Å². The molecule has 1 aliphatic heterocycles. The van der Waals surface area contributed by atoms with E-state index in [1.54, 1.807) is 12.1 Å². The first-order chi connectivity index (χ1) is 11.5. The number of hydrogen-bond acceptors (Lipinski definition) is 6. The van der Waals surface area contributed by atoms with Gasteiger partial charge in [0.05, 0.1) is 23.8 Å². The van der Waals surface area contributed by atoms with Crippen molar-refractivity contribution in [1.82, 2.24) is 10.3 Å². The zero-order chi connectivity index (χ0) is 17.2. The minimum absolute atomic E-state index is 0.104. The molecule has 0 aliphatic carbocycles. The molecule has 0 amide bonds. The summed E-state index contributed by atoms with van der Waals surface area (Å²) in [6, 6.07) is 14.2. The summed E-state index contributed by atoms with van der Waals surface area (Å²) in [7, 11) is -2.26. The van der Waals surface area contributed by atoms with E-state index in [2.05, 4.69) is 10.5 Å². The average molecular weight is 346 g/mol. The third kappa shape index (κ3) is 3.12. The smallest absolute Gasteiger partial charge is 0.253 e. The molecule has 2 aromatic rings. The second kappa shape index (κ2) is 6.60. The van der Waals surface area contributed by atoms with Crippen molar-refractivity contribution in [2.75, 3.05) is 7.11 Å². The van der Waals surface area contributed by atoms with Gasteiger partial charge in [0, 0.05) is 12.0 Å². The number of benzene rings is 2. The summed E-state index contributed by atoms with van der Waals surface area (Å²) in [6.07, 6.45) is 0.560. The Kier molecular flexibility index (Phi) is 4.52. The average Bonchev–Trinajstić information content (AvgIpc) is 3.12. The molecule has 3 rings (SSSR count). The number of methoxy groups -OCH3 is 1. The van der Waals surface area contributed by atoms with Crippen LogP contribution in [0.3, 0.4) is 0 Å². The molecule has 0 radical (unpaired) electrons. The number of hydrazone groups is 1. The molecule has 1 heterocycles. The van der Waals surface area contributed by atoms with E-state index < -0.39 is 10.0 Å². The van der Waals surface area contributed by atoms with Gasteiger partial charge in [0.25, 0.3) is 10.0 Å². The van der Waals surface area contributed by atoms with Crippen LogP contribution in [0.25, 0.3) is 0 Å². The predicted molar refractivity (Wildman–Crippen MR) is 91.0 cm³/mol. The van der Waals surface area contributed by atoms with Crippen molar-refractivity contribution in [3.8, 4) is 5.75 Å². The van der Waals surface area contributed by atoms with Gasteiger partial charge in [-0.2, -0.15) is 9.93 Å². The van der Waals surface area contributed by atoms with Crippen LogP contribution in [0.5, 0.6) is 5.75 Å². The summed E-state index contributed by atoms with van der Waals surface area (Å²) >= 11 is 0.